The van der Waals surface area contributed by atoms with E-state index in [0.717, 1.165) is 5.92 Å². The lowest BCUT2D eigenvalue weighted by molar-refractivity contribution is -0.0509. The van der Waals surface area contributed by atoms with Crippen LogP contribution >= 0.6 is 0 Å². The number of aliphatic hydroxyl groups excluding tert-OH is 1. The Balaban J connectivity index is 2.39. The van der Waals surface area contributed by atoms with Gasteiger partial charge in [0, 0.05) is 5.92 Å². The SMILES string of the molecule is CC1=CCC2C(C)(C)CCC[C@]2(C)[C@H]1CO. The van der Waals surface area contributed by atoms with Crippen molar-refractivity contribution in [1.29, 1.82) is 0 Å². The van der Waals surface area contributed by atoms with Crippen LogP contribution in [0.3, 0.4) is 0 Å². The van der Waals surface area contributed by atoms with Crippen molar-refractivity contribution in [3.8, 4) is 0 Å². The van der Waals surface area contributed by atoms with Gasteiger partial charge >= 0.3 is 0 Å². The van der Waals surface area contributed by atoms with E-state index in [1.54, 1.807) is 0 Å². The molecule has 0 aromatic rings. The Labute approximate surface area is 99.9 Å². The molecule has 2 rings (SSSR count). The molecule has 0 aromatic heterocycles. The first-order valence-electron chi connectivity index (χ1n) is 6.69. The van der Waals surface area contributed by atoms with E-state index in [0.29, 0.717) is 23.4 Å². The first kappa shape index (κ1) is 12.2. The van der Waals surface area contributed by atoms with Crippen LogP contribution in [0.1, 0.15) is 53.4 Å². The summed E-state index contributed by atoms with van der Waals surface area (Å²) in [6, 6.07) is 0. The van der Waals surface area contributed by atoms with Crippen molar-refractivity contribution in [3.63, 3.8) is 0 Å². The van der Waals surface area contributed by atoms with Crippen molar-refractivity contribution in [2.75, 3.05) is 6.61 Å². The van der Waals surface area contributed by atoms with Crippen LogP contribution in [0.25, 0.3) is 0 Å². The molecule has 0 saturated heterocycles. The number of hydrogen-bond acceptors (Lipinski definition) is 1. The van der Waals surface area contributed by atoms with Gasteiger partial charge in [0.15, 0.2) is 0 Å². The molecule has 16 heavy (non-hydrogen) atoms. The van der Waals surface area contributed by atoms with E-state index in [-0.39, 0.29) is 0 Å². The number of allylic oxidation sites excluding steroid dienone is 1. The Morgan fingerprint density at radius 2 is 2.00 bits per heavy atom. The summed E-state index contributed by atoms with van der Waals surface area (Å²) in [6.07, 6.45) is 7.55. The summed E-state index contributed by atoms with van der Waals surface area (Å²) in [7, 11) is 0. The summed E-state index contributed by atoms with van der Waals surface area (Å²) in [4.78, 5) is 0. The number of hydrogen-bond donors (Lipinski definition) is 1. The van der Waals surface area contributed by atoms with Gasteiger partial charge in [0.1, 0.15) is 0 Å². The Morgan fingerprint density at radius 3 is 2.62 bits per heavy atom. The minimum Gasteiger partial charge on any atom is -0.396 e. The summed E-state index contributed by atoms with van der Waals surface area (Å²) >= 11 is 0. The molecular weight excluding hydrogens is 196 g/mol. The van der Waals surface area contributed by atoms with Gasteiger partial charge in [-0.25, -0.2) is 0 Å². The third-order valence-corrected chi connectivity index (χ3v) is 5.48. The van der Waals surface area contributed by atoms with Crippen LogP contribution in [0, 0.1) is 22.7 Å². The number of rotatable bonds is 1. The molecular formula is C15H26O. The predicted octanol–water partition coefficient (Wildman–Crippen LogP) is 3.78. The van der Waals surface area contributed by atoms with Gasteiger partial charge in [0.25, 0.3) is 0 Å². The molecule has 1 fully saturated rings. The van der Waals surface area contributed by atoms with Crippen LogP contribution in [0.5, 0.6) is 0 Å². The first-order valence-corrected chi connectivity index (χ1v) is 6.69. The number of aliphatic hydroxyl groups is 1. The van der Waals surface area contributed by atoms with Crippen molar-refractivity contribution in [3.05, 3.63) is 11.6 Å². The van der Waals surface area contributed by atoms with Crippen molar-refractivity contribution in [2.24, 2.45) is 22.7 Å². The Hall–Kier alpha value is -0.300. The fourth-order valence-corrected chi connectivity index (χ4v) is 4.49. The van der Waals surface area contributed by atoms with Crippen LogP contribution in [-0.2, 0) is 0 Å². The molecule has 3 atom stereocenters. The average Bonchev–Trinajstić information content (AvgIpc) is 2.15. The van der Waals surface area contributed by atoms with Crippen molar-refractivity contribution >= 4 is 0 Å². The molecule has 1 N–H and O–H groups in total. The maximum Gasteiger partial charge on any atom is 0.0501 e. The van der Waals surface area contributed by atoms with E-state index in [1.165, 1.54) is 31.3 Å². The molecule has 0 aliphatic heterocycles. The summed E-state index contributed by atoms with van der Waals surface area (Å²) in [5.74, 6) is 1.14. The van der Waals surface area contributed by atoms with Crippen molar-refractivity contribution in [1.82, 2.24) is 0 Å². The quantitative estimate of drug-likeness (QED) is 0.669. The van der Waals surface area contributed by atoms with E-state index in [1.807, 2.05) is 0 Å². The zero-order valence-electron chi connectivity index (χ0n) is 11.2. The normalized spacial score (nSPS) is 42.4. The maximum atomic E-state index is 9.69. The molecule has 1 nitrogen and oxygen atoms in total. The van der Waals surface area contributed by atoms with Gasteiger partial charge in [0.2, 0.25) is 0 Å². The summed E-state index contributed by atoms with van der Waals surface area (Å²) < 4.78 is 0. The fraction of sp³-hybridized carbons (Fsp3) is 0.867. The fourth-order valence-electron chi connectivity index (χ4n) is 4.49. The van der Waals surface area contributed by atoms with E-state index < -0.39 is 0 Å². The monoisotopic (exact) mass is 222 g/mol. The first-order chi connectivity index (χ1) is 7.42. The molecule has 0 heterocycles. The molecule has 1 heteroatoms. The second kappa shape index (κ2) is 3.87. The summed E-state index contributed by atoms with van der Waals surface area (Å²) in [5, 5.41) is 9.69. The lowest BCUT2D eigenvalue weighted by Crippen LogP contribution is -2.49. The van der Waals surface area contributed by atoms with Crippen LogP contribution < -0.4 is 0 Å². The molecule has 0 spiro atoms. The van der Waals surface area contributed by atoms with Crippen molar-refractivity contribution < 1.29 is 5.11 Å². The van der Waals surface area contributed by atoms with E-state index in [9.17, 15) is 5.11 Å². The second-order valence-electron chi connectivity index (χ2n) is 6.82. The van der Waals surface area contributed by atoms with Gasteiger partial charge in [0.05, 0.1) is 6.61 Å². The molecule has 2 aliphatic rings. The van der Waals surface area contributed by atoms with Crippen LogP contribution in [0.2, 0.25) is 0 Å². The van der Waals surface area contributed by atoms with Gasteiger partial charge in [-0.2, -0.15) is 0 Å². The van der Waals surface area contributed by atoms with Gasteiger partial charge in [-0.1, -0.05) is 38.8 Å². The lowest BCUT2D eigenvalue weighted by atomic mass is 9.49. The third kappa shape index (κ3) is 1.64. The molecule has 92 valence electrons. The highest BCUT2D eigenvalue weighted by Gasteiger charge is 2.51. The Kier molecular flexibility index (Phi) is 2.94. The van der Waals surface area contributed by atoms with E-state index in [2.05, 4.69) is 33.8 Å². The molecule has 1 unspecified atom stereocenters. The van der Waals surface area contributed by atoms with Crippen LogP contribution in [0.15, 0.2) is 11.6 Å². The highest BCUT2D eigenvalue weighted by Crippen LogP contribution is 2.59. The molecule has 0 radical (unpaired) electrons. The molecule has 2 aliphatic carbocycles. The van der Waals surface area contributed by atoms with Gasteiger partial charge in [-0.3, -0.25) is 0 Å². The molecule has 0 aromatic carbocycles. The largest absolute Gasteiger partial charge is 0.396 e. The van der Waals surface area contributed by atoms with Crippen LogP contribution in [0.4, 0.5) is 0 Å². The highest BCUT2D eigenvalue weighted by atomic mass is 16.3. The maximum absolute atomic E-state index is 9.69. The molecule has 1 saturated carbocycles. The number of fused-ring (bicyclic) bond motifs is 1. The summed E-state index contributed by atoms with van der Waals surface area (Å²) in [5.41, 5.74) is 2.19. The minimum absolute atomic E-state index is 0.325. The molecule has 0 bridgehead atoms. The summed E-state index contributed by atoms with van der Waals surface area (Å²) in [6.45, 7) is 9.77. The Morgan fingerprint density at radius 1 is 1.31 bits per heavy atom. The second-order valence-corrected chi connectivity index (χ2v) is 6.82. The lowest BCUT2D eigenvalue weighted by Gasteiger charge is -2.56. The highest BCUT2D eigenvalue weighted by molar-refractivity contribution is 5.18. The zero-order chi connectivity index (χ0) is 12.0. The molecule has 0 amide bonds. The van der Waals surface area contributed by atoms with E-state index >= 15 is 0 Å². The van der Waals surface area contributed by atoms with Gasteiger partial charge in [-0.15, -0.1) is 0 Å². The van der Waals surface area contributed by atoms with Gasteiger partial charge in [-0.05, 0) is 42.9 Å². The smallest absolute Gasteiger partial charge is 0.0501 e. The van der Waals surface area contributed by atoms with Crippen LogP contribution in [-0.4, -0.2) is 11.7 Å². The third-order valence-electron chi connectivity index (χ3n) is 5.48. The zero-order valence-corrected chi connectivity index (χ0v) is 11.2. The van der Waals surface area contributed by atoms with Gasteiger partial charge < -0.3 is 5.11 Å². The minimum atomic E-state index is 0.325. The average molecular weight is 222 g/mol. The topological polar surface area (TPSA) is 20.2 Å². The Bertz CT molecular complexity index is 303. The standard InChI is InChI=1S/C15H26O/c1-11-6-7-13-14(2,3)8-5-9-15(13,4)12(11)10-16/h6,12-13,16H,5,7-10H2,1-4H3/t12-,13?,15+/m0/s1. The van der Waals surface area contributed by atoms with Crippen molar-refractivity contribution in [2.45, 2.75) is 53.4 Å². The predicted molar refractivity (Wildman–Crippen MR) is 68.2 cm³/mol. The van der Waals surface area contributed by atoms with E-state index in [4.69, 9.17) is 0 Å².